The molecule has 2 N–H and O–H groups in total. The molecule has 0 aliphatic heterocycles. The molecule has 37 heavy (non-hydrogen) atoms. The Bertz CT molecular complexity index is 1220. The van der Waals surface area contributed by atoms with Gasteiger partial charge in [0.2, 0.25) is 0 Å². The first-order valence-corrected chi connectivity index (χ1v) is 17.1. The fourth-order valence-electron chi connectivity index (χ4n) is 4.21. The average Bonchev–Trinajstić information content (AvgIpc) is 2.99. The molecular weight excluding hydrogens is 509 g/mol. The largest absolute Gasteiger partial charge is 0.405 e. The minimum Gasteiger partial charge on any atom is -0.404 e. The molecule has 0 unspecified atom stereocenters. The minimum absolute atomic E-state index is 0.716. The Morgan fingerprint density at radius 3 is 0.892 bits per heavy atom. The van der Waals surface area contributed by atoms with Gasteiger partial charge >= 0.3 is 26.4 Å². The Kier molecular flexibility index (Phi) is 7.73. The van der Waals surface area contributed by atoms with Crippen molar-refractivity contribution in [1.82, 2.24) is 0 Å². The first kappa shape index (κ1) is 25.2. The second-order valence-corrected chi connectivity index (χ2v) is 16.3. The predicted octanol–water partition coefficient (Wildman–Crippen LogP) is 1.91. The number of rotatable bonds is 9. The Morgan fingerprint density at radius 2 is 0.622 bits per heavy atom. The topological polar surface area (TPSA) is 58.9 Å². The second-order valence-electron chi connectivity index (χ2n) is 8.61. The molecule has 0 saturated heterocycles. The first-order valence-electron chi connectivity index (χ1n) is 12.1. The van der Waals surface area contributed by atoms with Crippen molar-refractivity contribution < 1.29 is 17.8 Å². The highest BCUT2D eigenvalue weighted by molar-refractivity contribution is 6.99. The van der Waals surface area contributed by atoms with E-state index in [9.17, 15) is 9.59 Å². The molecule has 0 aliphatic carbocycles. The molecule has 0 fully saturated rings. The maximum Gasteiger partial charge on any atom is 0.405 e. The van der Waals surface area contributed by atoms with Gasteiger partial charge in [0, 0.05) is 0 Å². The van der Waals surface area contributed by atoms with Crippen molar-refractivity contribution in [3.8, 4) is 0 Å². The van der Waals surface area contributed by atoms with Gasteiger partial charge in [-0.15, -0.1) is 0 Å². The summed E-state index contributed by atoms with van der Waals surface area (Å²) in [4.78, 5) is 24.6. The lowest BCUT2D eigenvalue weighted by Gasteiger charge is -2.34. The summed E-state index contributed by atoms with van der Waals surface area (Å²) in [5.74, 6) is 0. The van der Waals surface area contributed by atoms with Gasteiger partial charge in [-0.3, -0.25) is 0 Å². The lowest BCUT2D eigenvalue weighted by molar-refractivity contribution is 0.335. The van der Waals surface area contributed by atoms with Gasteiger partial charge < -0.3 is 17.8 Å². The predicted molar refractivity (Wildman–Crippen MR) is 154 cm³/mol. The summed E-state index contributed by atoms with van der Waals surface area (Å²) in [5.41, 5.74) is 0. The van der Waals surface area contributed by atoms with Crippen molar-refractivity contribution in [2.45, 2.75) is 0 Å². The van der Waals surface area contributed by atoms with Crippen LogP contribution in [0.5, 0.6) is 0 Å². The zero-order valence-electron chi connectivity index (χ0n) is 20.1. The monoisotopic (exact) mass is 535 g/mol. The third-order valence-electron chi connectivity index (χ3n) is 6.15. The molecular formula is C30H27O4Si3. The summed E-state index contributed by atoms with van der Waals surface area (Å²) in [6.07, 6.45) is 0. The van der Waals surface area contributed by atoms with Gasteiger partial charge in [-0.1, -0.05) is 152 Å². The van der Waals surface area contributed by atoms with E-state index in [-0.39, 0.29) is 0 Å². The SMILES string of the molecule is O[Si](O[Si](O[Si](O)(c1ccccc1)c1ccccc1)c1ccccc1)(c1ccccc1)c1ccccc1. The summed E-state index contributed by atoms with van der Waals surface area (Å²) in [7, 11) is -9.84. The maximum absolute atomic E-state index is 12.3. The Hall–Kier alpha value is -3.41. The summed E-state index contributed by atoms with van der Waals surface area (Å²) < 4.78 is 13.6. The summed E-state index contributed by atoms with van der Waals surface area (Å²) in [5, 5.41) is 3.67. The molecule has 0 atom stereocenters. The zero-order chi connectivity index (χ0) is 25.6. The van der Waals surface area contributed by atoms with Crippen molar-refractivity contribution in [3.63, 3.8) is 0 Å². The fraction of sp³-hybridized carbons (Fsp3) is 0. The van der Waals surface area contributed by atoms with Gasteiger partial charge in [0.15, 0.2) is 0 Å². The van der Waals surface area contributed by atoms with Crippen LogP contribution in [0.15, 0.2) is 152 Å². The summed E-state index contributed by atoms with van der Waals surface area (Å²) in [6.45, 7) is 0. The van der Waals surface area contributed by atoms with Crippen LogP contribution in [0.1, 0.15) is 0 Å². The van der Waals surface area contributed by atoms with Gasteiger partial charge in [0.05, 0.1) is 0 Å². The second kappa shape index (κ2) is 11.3. The average molecular weight is 536 g/mol. The van der Waals surface area contributed by atoms with Crippen LogP contribution in [0, 0.1) is 0 Å². The van der Waals surface area contributed by atoms with Gasteiger partial charge in [0.25, 0.3) is 0 Å². The van der Waals surface area contributed by atoms with E-state index in [0.717, 1.165) is 5.19 Å². The highest BCUT2D eigenvalue weighted by Gasteiger charge is 2.48. The van der Waals surface area contributed by atoms with Crippen LogP contribution in [0.2, 0.25) is 0 Å². The van der Waals surface area contributed by atoms with Crippen molar-refractivity contribution >= 4 is 52.3 Å². The number of hydrogen-bond acceptors (Lipinski definition) is 4. The van der Waals surface area contributed by atoms with E-state index in [1.807, 2.05) is 152 Å². The molecule has 0 aliphatic rings. The van der Waals surface area contributed by atoms with Gasteiger partial charge in [0.1, 0.15) is 0 Å². The molecule has 5 aromatic rings. The van der Waals surface area contributed by atoms with E-state index in [1.54, 1.807) is 0 Å². The normalized spacial score (nSPS) is 12.0. The maximum atomic E-state index is 12.3. The lowest BCUT2D eigenvalue weighted by Crippen LogP contribution is -2.70. The molecule has 0 amide bonds. The van der Waals surface area contributed by atoms with Crippen LogP contribution in [0.4, 0.5) is 0 Å². The molecule has 7 heteroatoms. The van der Waals surface area contributed by atoms with Crippen LogP contribution >= 0.6 is 0 Å². The fourth-order valence-corrected chi connectivity index (χ4v) is 13.4. The van der Waals surface area contributed by atoms with Crippen LogP contribution in [0.25, 0.3) is 0 Å². The molecule has 0 aromatic heterocycles. The van der Waals surface area contributed by atoms with E-state index in [0.29, 0.717) is 20.7 Å². The van der Waals surface area contributed by atoms with Crippen molar-refractivity contribution in [2.75, 3.05) is 0 Å². The van der Waals surface area contributed by atoms with E-state index in [1.165, 1.54) is 0 Å². The molecule has 183 valence electrons. The third kappa shape index (κ3) is 5.48. The Balaban J connectivity index is 1.64. The van der Waals surface area contributed by atoms with Crippen molar-refractivity contribution in [3.05, 3.63) is 152 Å². The molecule has 5 rings (SSSR count). The van der Waals surface area contributed by atoms with Crippen LogP contribution in [-0.2, 0) is 8.23 Å². The molecule has 1 radical (unpaired) electrons. The molecule has 0 bridgehead atoms. The molecule has 0 spiro atoms. The van der Waals surface area contributed by atoms with Crippen LogP contribution in [-0.4, -0.2) is 36.0 Å². The first-order chi connectivity index (χ1) is 18.1. The van der Waals surface area contributed by atoms with Crippen LogP contribution < -0.4 is 25.9 Å². The van der Waals surface area contributed by atoms with Crippen LogP contribution in [0.3, 0.4) is 0 Å². The summed E-state index contributed by atoms with van der Waals surface area (Å²) >= 11 is 0. The lowest BCUT2D eigenvalue weighted by atomic mass is 10.4. The van der Waals surface area contributed by atoms with E-state index < -0.39 is 26.4 Å². The molecule has 5 aromatic carbocycles. The van der Waals surface area contributed by atoms with Gasteiger partial charge in [-0.25, -0.2) is 0 Å². The molecule has 4 nitrogen and oxygen atoms in total. The van der Waals surface area contributed by atoms with Crippen molar-refractivity contribution in [1.29, 1.82) is 0 Å². The number of benzene rings is 5. The third-order valence-corrected chi connectivity index (χ3v) is 15.3. The van der Waals surface area contributed by atoms with E-state index in [2.05, 4.69) is 0 Å². The molecule has 0 heterocycles. The smallest absolute Gasteiger partial charge is 0.404 e. The number of hydrogen-bond donors (Lipinski definition) is 2. The highest BCUT2D eigenvalue weighted by atomic mass is 28.5. The Labute approximate surface area is 221 Å². The van der Waals surface area contributed by atoms with Gasteiger partial charge in [-0.2, -0.15) is 0 Å². The van der Waals surface area contributed by atoms with E-state index >= 15 is 0 Å². The minimum atomic E-state index is -3.72. The molecule has 0 saturated carbocycles. The Morgan fingerprint density at radius 1 is 0.378 bits per heavy atom. The van der Waals surface area contributed by atoms with Gasteiger partial charge in [-0.05, 0) is 25.9 Å². The van der Waals surface area contributed by atoms with Crippen molar-refractivity contribution in [2.24, 2.45) is 0 Å². The highest BCUT2D eigenvalue weighted by Crippen LogP contribution is 2.13. The quantitative estimate of drug-likeness (QED) is 0.283. The van der Waals surface area contributed by atoms with E-state index in [4.69, 9.17) is 8.23 Å². The zero-order valence-corrected chi connectivity index (χ0v) is 23.1. The summed E-state index contributed by atoms with van der Waals surface area (Å²) in [6, 6.07) is 47.6. The standard InChI is InChI=1S/C30H27O4Si3/c31-36(27-18-8-2-9-19-27,28-20-10-3-11-21-28)33-35(26-16-6-1-7-17-26)34-37(32,29-22-12-4-13-23-29)30-24-14-5-15-25-30/h1-25,31-32H.